The Kier molecular flexibility index (Phi) is 7.89. The summed E-state index contributed by atoms with van der Waals surface area (Å²) < 4.78 is 32.8. The highest BCUT2D eigenvalue weighted by Gasteiger charge is 2.16. The van der Waals surface area contributed by atoms with E-state index in [4.69, 9.17) is 4.42 Å². The smallest absolute Gasteiger partial charge is 0.336 e. The number of hydrogen-bond donors (Lipinski definition) is 1. The summed E-state index contributed by atoms with van der Waals surface area (Å²) in [7, 11) is -3.58. The van der Waals surface area contributed by atoms with Crippen LogP contribution in [0.4, 0.5) is 0 Å². The fourth-order valence-electron chi connectivity index (χ4n) is 3.89. The largest absolute Gasteiger partial charge is 0.423 e. The molecule has 3 aromatic rings. The minimum absolute atomic E-state index is 0. The van der Waals surface area contributed by atoms with E-state index in [1.165, 1.54) is 35.4 Å². The lowest BCUT2D eigenvalue weighted by Gasteiger charge is -2.28. The standard InChI is InChI=1S/C23H26N2O4S.ClH/c26-23-11-8-19-16-21(9-10-22(19)29-23)30(27,28)24-13-4-1-5-14-25-15-12-18-6-2-3-7-20(18)17-25;/h2-3,6-11,16,24H,1,4-5,12-15,17H2;1H. The van der Waals surface area contributed by atoms with Gasteiger partial charge in [-0.05, 0) is 61.2 Å². The number of hydrogen-bond acceptors (Lipinski definition) is 5. The summed E-state index contributed by atoms with van der Waals surface area (Å²) in [6, 6.07) is 16.0. The fourth-order valence-corrected chi connectivity index (χ4v) is 5.00. The van der Waals surface area contributed by atoms with Crippen molar-refractivity contribution in [2.24, 2.45) is 0 Å². The molecule has 0 aliphatic carbocycles. The maximum Gasteiger partial charge on any atom is 0.336 e. The summed E-state index contributed by atoms with van der Waals surface area (Å²) in [6.07, 6.45) is 3.93. The molecule has 2 heterocycles. The van der Waals surface area contributed by atoms with Gasteiger partial charge in [-0.2, -0.15) is 0 Å². The molecule has 1 aliphatic heterocycles. The Hall–Kier alpha value is -2.19. The maximum absolute atomic E-state index is 12.5. The minimum atomic E-state index is -3.58. The van der Waals surface area contributed by atoms with Gasteiger partial charge in [0.05, 0.1) is 4.90 Å². The zero-order valence-corrected chi connectivity index (χ0v) is 18.9. The van der Waals surface area contributed by atoms with Crippen molar-refractivity contribution in [2.45, 2.75) is 37.1 Å². The average Bonchev–Trinajstić information content (AvgIpc) is 2.75. The highest BCUT2D eigenvalue weighted by molar-refractivity contribution is 7.89. The monoisotopic (exact) mass is 462 g/mol. The number of nitrogens with one attached hydrogen (secondary N) is 1. The van der Waals surface area contributed by atoms with Crippen LogP contribution >= 0.6 is 12.4 Å². The minimum Gasteiger partial charge on any atom is -0.423 e. The summed E-state index contributed by atoms with van der Waals surface area (Å²) in [5.41, 5.74) is 2.80. The number of unbranched alkanes of at least 4 members (excludes halogenated alkanes) is 2. The molecule has 0 atom stereocenters. The molecule has 0 saturated heterocycles. The molecule has 1 N–H and O–H groups in total. The Labute approximate surface area is 188 Å². The van der Waals surface area contributed by atoms with Crippen LogP contribution in [-0.4, -0.2) is 33.0 Å². The van der Waals surface area contributed by atoms with Gasteiger partial charge in [0.2, 0.25) is 10.0 Å². The van der Waals surface area contributed by atoms with Crippen LogP contribution in [-0.2, 0) is 23.0 Å². The van der Waals surface area contributed by atoms with Crippen molar-refractivity contribution in [1.82, 2.24) is 9.62 Å². The Bertz CT molecular complexity index is 1190. The molecule has 0 fully saturated rings. The van der Waals surface area contributed by atoms with Gasteiger partial charge in [0.1, 0.15) is 5.58 Å². The van der Waals surface area contributed by atoms with E-state index in [0.717, 1.165) is 45.3 Å². The van der Waals surface area contributed by atoms with Crippen molar-refractivity contribution >= 4 is 33.4 Å². The van der Waals surface area contributed by atoms with Crippen LogP contribution in [0.1, 0.15) is 30.4 Å². The molecule has 166 valence electrons. The lowest BCUT2D eigenvalue weighted by molar-refractivity contribution is 0.248. The van der Waals surface area contributed by atoms with Crippen molar-refractivity contribution in [2.75, 3.05) is 19.6 Å². The van der Waals surface area contributed by atoms with Gasteiger partial charge in [0.15, 0.2) is 0 Å². The molecule has 0 spiro atoms. The van der Waals surface area contributed by atoms with Crippen molar-refractivity contribution in [3.8, 4) is 0 Å². The molecule has 6 nitrogen and oxygen atoms in total. The molecule has 1 aromatic heterocycles. The summed E-state index contributed by atoms with van der Waals surface area (Å²) >= 11 is 0. The first kappa shape index (κ1) is 23.5. The third-order valence-corrected chi connectivity index (χ3v) is 7.01. The molecule has 31 heavy (non-hydrogen) atoms. The summed E-state index contributed by atoms with van der Waals surface area (Å²) in [5, 5.41) is 0.584. The Balaban J connectivity index is 0.00000272. The van der Waals surface area contributed by atoms with Gasteiger partial charge in [-0.1, -0.05) is 30.7 Å². The average molecular weight is 463 g/mol. The summed E-state index contributed by atoms with van der Waals surface area (Å²) in [6.45, 7) is 3.54. The van der Waals surface area contributed by atoms with E-state index in [2.05, 4.69) is 33.9 Å². The number of rotatable bonds is 8. The fraction of sp³-hybridized carbons (Fsp3) is 0.348. The van der Waals surface area contributed by atoms with Crippen LogP contribution in [0.25, 0.3) is 11.0 Å². The molecule has 0 unspecified atom stereocenters. The third kappa shape index (κ3) is 5.95. The van der Waals surface area contributed by atoms with Crippen LogP contribution in [0, 0.1) is 0 Å². The van der Waals surface area contributed by atoms with Crippen molar-refractivity contribution < 1.29 is 12.8 Å². The highest BCUT2D eigenvalue weighted by Crippen LogP contribution is 2.19. The number of nitrogens with zero attached hydrogens (tertiary/aromatic N) is 1. The highest BCUT2D eigenvalue weighted by atomic mass is 35.5. The Morgan fingerprint density at radius 1 is 0.968 bits per heavy atom. The number of halogens is 1. The predicted octanol–water partition coefficient (Wildman–Crippen LogP) is 3.72. The second-order valence-electron chi connectivity index (χ2n) is 7.71. The first-order chi connectivity index (χ1) is 14.5. The number of benzene rings is 2. The van der Waals surface area contributed by atoms with Gasteiger partial charge in [-0.25, -0.2) is 17.9 Å². The van der Waals surface area contributed by atoms with Gasteiger partial charge in [0.25, 0.3) is 0 Å². The molecule has 2 aromatic carbocycles. The molecule has 0 saturated carbocycles. The number of sulfonamides is 1. The van der Waals surface area contributed by atoms with E-state index in [0.29, 0.717) is 17.5 Å². The van der Waals surface area contributed by atoms with Crippen molar-refractivity contribution in [3.63, 3.8) is 0 Å². The predicted molar refractivity (Wildman–Crippen MR) is 124 cm³/mol. The van der Waals surface area contributed by atoms with Crippen LogP contribution in [0.3, 0.4) is 0 Å². The molecule has 0 radical (unpaired) electrons. The van der Waals surface area contributed by atoms with Crippen molar-refractivity contribution in [3.05, 3.63) is 76.1 Å². The summed E-state index contributed by atoms with van der Waals surface area (Å²) in [5.74, 6) is 0. The van der Waals surface area contributed by atoms with Crippen LogP contribution in [0.15, 0.2) is 68.7 Å². The van der Waals surface area contributed by atoms with E-state index in [9.17, 15) is 13.2 Å². The van der Waals surface area contributed by atoms with Crippen LogP contribution in [0.2, 0.25) is 0 Å². The van der Waals surface area contributed by atoms with E-state index >= 15 is 0 Å². The van der Waals surface area contributed by atoms with E-state index < -0.39 is 15.6 Å². The molecule has 1 aliphatic rings. The van der Waals surface area contributed by atoms with Crippen LogP contribution in [0.5, 0.6) is 0 Å². The Morgan fingerprint density at radius 2 is 1.77 bits per heavy atom. The van der Waals surface area contributed by atoms with Gasteiger partial charge in [0, 0.05) is 31.1 Å². The SMILES string of the molecule is Cl.O=c1ccc2cc(S(=O)(=O)NCCCCCN3CCc4ccccc4C3)ccc2o1. The van der Waals surface area contributed by atoms with Gasteiger partial charge in [-0.15, -0.1) is 12.4 Å². The molecular formula is C23H27ClN2O4S. The third-order valence-electron chi connectivity index (χ3n) is 5.55. The number of fused-ring (bicyclic) bond motifs is 2. The topological polar surface area (TPSA) is 79.6 Å². The van der Waals surface area contributed by atoms with Gasteiger partial charge < -0.3 is 4.42 Å². The normalized spacial score (nSPS) is 14.2. The van der Waals surface area contributed by atoms with Crippen molar-refractivity contribution in [1.29, 1.82) is 0 Å². The first-order valence-corrected chi connectivity index (χ1v) is 11.8. The van der Waals surface area contributed by atoms with Gasteiger partial charge >= 0.3 is 5.63 Å². The molecule has 0 amide bonds. The van der Waals surface area contributed by atoms with Crippen LogP contribution < -0.4 is 10.3 Å². The lowest BCUT2D eigenvalue weighted by atomic mass is 10.00. The molecule has 0 bridgehead atoms. The molecule has 4 rings (SSSR count). The van der Waals surface area contributed by atoms with E-state index in [-0.39, 0.29) is 17.3 Å². The quantitative estimate of drug-likeness (QED) is 0.407. The second kappa shape index (κ2) is 10.4. The molecular weight excluding hydrogens is 436 g/mol. The lowest BCUT2D eigenvalue weighted by Crippen LogP contribution is -2.31. The maximum atomic E-state index is 12.5. The second-order valence-corrected chi connectivity index (χ2v) is 9.47. The van der Waals surface area contributed by atoms with E-state index in [1.807, 2.05) is 0 Å². The van der Waals surface area contributed by atoms with E-state index in [1.54, 1.807) is 6.07 Å². The van der Waals surface area contributed by atoms with Gasteiger partial charge in [-0.3, -0.25) is 4.90 Å². The molecule has 8 heteroatoms. The zero-order valence-electron chi connectivity index (χ0n) is 17.2. The Morgan fingerprint density at radius 3 is 2.61 bits per heavy atom. The zero-order chi connectivity index (χ0) is 21.0. The summed E-state index contributed by atoms with van der Waals surface area (Å²) in [4.78, 5) is 13.9. The first-order valence-electron chi connectivity index (χ1n) is 10.3.